The molecule has 1 aliphatic rings. The van der Waals surface area contributed by atoms with E-state index in [1.54, 1.807) is 0 Å². The highest BCUT2D eigenvalue weighted by Gasteiger charge is 2.35. The molecule has 0 N–H and O–H groups in total. The van der Waals surface area contributed by atoms with Gasteiger partial charge in [0, 0.05) is 12.3 Å². The zero-order valence-corrected chi connectivity index (χ0v) is 11.6. The lowest BCUT2D eigenvalue weighted by molar-refractivity contribution is 0.360. The first-order chi connectivity index (χ1) is 6.61. The van der Waals surface area contributed by atoms with Crippen LogP contribution in [0.4, 0.5) is 0 Å². The third-order valence-corrected chi connectivity index (χ3v) is 9.70. The first-order valence-electron chi connectivity index (χ1n) is 5.13. The van der Waals surface area contributed by atoms with Crippen LogP contribution in [-0.4, -0.2) is 16.8 Å². The van der Waals surface area contributed by atoms with Crippen molar-refractivity contribution in [2.45, 2.75) is 49.3 Å². The van der Waals surface area contributed by atoms with Gasteiger partial charge in [-0.25, -0.2) is 0 Å². The molecular formula is C9H17Cl2OPS. The third-order valence-electron chi connectivity index (χ3n) is 2.69. The monoisotopic (exact) mass is 274 g/mol. The van der Waals surface area contributed by atoms with Gasteiger partial charge in [-0.1, -0.05) is 54.3 Å². The molecule has 1 rings (SSSR count). The van der Waals surface area contributed by atoms with Crippen molar-refractivity contribution in [1.29, 1.82) is 0 Å². The Kier molecular flexibility index (Phi) is 5.73. The van der Waals surface area contributed by atoms with Crippen LogP contribution in [0.25, 0.3) is 0 Å². The lowest BCUT2D eigenvalue weighted by atomic mass is 10.0. The van der Waals surface area contributed by atoms with Gasteiger partial charge in [0.25, 0.3) is 0 Å². The van der Waals surface area contributed by atoms with Crippen molar-refractivity contribution in [2.24, 2.45) is 0 Å². The predicted octanol–water partition coefficient (Wildman–Crippen LogP) is 4.51. The molecule has 0 aromatic heterocycles. The summed E-state index contributed by atoms with van der Waals surface area (Å²) in [6.07, 6.45) is 4.10. The van der Waals surface area contributed by atoms with Crippen LogP contribution < -0.4 is 0 Å². The van der Waals surface area contributed by atoms with E-state index in [0.29, 0.717) is 12.3 Å². The van der Waals surface area contributed by atoms with E-state index in [1.807, 2.05) is 6.92 Å². The molecule has 0 unspecified atom stereocenters. The SMILES string of the molecule is CCO[P@](=S)(C(Cl)Cl)C1CCCCC1. The van der Waals surface area contributed by atoms with Crippen molar-refractivity contribution in [3.8, 4) is 0 Å². The number of alkyl halides is 2. The van der Waals surface area contributed by atoms with Gasteiger partial charge in [-0.15, -0.1) is 0 Å². The van der Waals surface area contributed by atoms with Crippen molar-refractivity contribution in [1.82, 2.24) is 0 Å². The summed E-state index contributed by atoms with van der Waals surface area (Å²) in [4.78, 5) is 0. The van der Waals surface area contributed by atoms with E-state index >= 15 is 0 Å². The molecule has 0 radical (unpaired) electrons. The molecule has 0 aromatic carbocycles. The average molecular weight is 275 g/mol. The van der Waals surface area contributed by atoms with Crippen molar-refractivity contribution in [2.75, 3.05) is 6.61 Å². The van der Waals surface area contributed by atoms with Gasteiger partial charge in [-0.3, -0.25) is 0 Å². The van der Waals surface area contributed by atoms with Gasteiger partial charge in [0.2, 0.25) is 0 Å². The van der Waals surface area contributed by atoms with E-state index in [9.17, 15) is 0 Å². The van der Waals surface area contributed by atoms with Crippen LogP contribution in [0.15, 0.2) is 0 Å². The second kappa shape index (κ2) is 6.06. The van der Waals surface area contributed by atoms with E-state index in [-0.39, 0.29) is 0 Å². The van der Waals surface area contributed by atoms with Crippen LogP contribution in [-0.2, 0) is 16.3 Å². The molecule has 1 aliphatic carbocycles. The van der Waals surface area contributed by atoms with E-state index in [1.165, 1.54) is 19.3 Å². The molecule has 1 atom stereocenters. The van der Waals surface area contributed by atoms with Crippen LogP contribution >= 0.6 is 29.5 Å². The fourth-order valence-electron chi connectivity index (χ4n) is 1.96. The molecular weight excluding hydrogens is 258 g/mol. The van der Waals surface area contributed by atoms with Gasteiger partial charge in [-0.05, 0) is 19.8 Å². The zero-order chi connectivity index (χ0) is 10.6. The summed E-state index contributed by atoms with van der Waals surface area (Å²) in [7, 11) is 0. The molecule has 0 aromatic rings. The number of halogens is 2. The summed E-state index contributed by atoms with van der Waals surface area (Å²) in [5.41, 5.74) is 0.450. The topological polar surface area (TPSA) is 9.23 Å². The van der Waals surface area contributed by atoms with Crippen molar-refractivity contribution in [3.05, 3.63) is 0 Å². The molecule has 1 fully saturated rings. The Morgan fingerprint density at radius 3 is 2.36 bits per heavy atom. The molecule has 0 bridgehead atoms. The summed E-state index contributed by atoms with van der Waals surface area (Å²) >= 11 is 17.5. The smallest absolute Gasteiger partial charge is 0.158 e. The summed E-state index contributed by atoms with van der Waals surface area (Å²) < 4.78 is 5.19. The highest BCUT2D eigenvalue weighted by molar-refractivity contribution is 8.14. The van der Waals surface area contributed by atoms with E-state index in [4.69, 9.17) is 39.5 Å². The highest BCUT2D eigenvalue weighted by Crippen LogP contribution is 2.63. The minimum atomic E-state index is -2.00. The molecule has 0 saturated heterocycles. The molecule has 0 amide bonds. The molecule has 1 nitrogen and oxygen atoms in total. The van der Waals surface area contributed by atoms with Crippen LogP contribution in [0, 0.1) is 0 Å². The quantitative estimate of drug-likeness (QED) is 0.551. The summed E-state index contributed by atoms with van der Waals surface area (Å²) in [5.74, 6) is 0. The zero-order valence-electron chi connectivity index (χ0n) is 8.42. The summed E-state index contributed by atoms with van der Waals surface area (Å²) in [5, 5.41) is 0. The second-order valence-corrected chi connectivity index (χ2v) is 9.84. The minimum Gasteiger partial charge on any atom is -0.348 e. The lowest BCUT2D eigenvalue weighted by Crippen LogP contribution is -2.18. The summed E-state index contributed by atoms with van der Waals surface area (Å²) in [6.45, 7) is 2.59. The van der Waals surface area contributed by atoms with Gasteiger partial charge < -0.3 is 4.52 Å². The standard InChI is InChI=1S/C9H17Cl2OPS/c1-2-12-13(14,9(10)11)8-6-4-3-5-7-8/h8-9H,2-7H2,1H3/t13-/m1/s1. The molecule has 0 spiro atoms. The minimum absolute atomic E-state index is 0.450. The molecule has 14 heavy (non-hydrogen) atoms. The molecule has 1 saturated carbocycles. The molecule has 0 aliphatic heterocycles. The molecule has 84 valence electrons. The largest absolute Gasteiger partial charge is 0.348 e. The Morgan fingerprint density at radius 2 is 1.93 bits per heavy atom. The number of rotatable bonds is 4. The van der Waals surface area contributed by atoms with E-state index in [2.05, 4.69) is 0 Å². The van der Waals surface area contributed by atoms with Crippen molar-refractivity contribution >= 4 is 41.3 Å². The van der Waals surface area contributed by atoms with Crippen LogP contribution in [0.5, 0.6) is 0 Å². The maximum Gasteiger partial charge on any atom is 0.158 e. The van der Waals surface area contributed by atoms with Gasteiger partial charge >= 0.3 is 0 Å². The van der Waals surface area contributed by atoms with Crippen LogP contribution in [0.1, 0.15) is 39.0 Å². The highest BCUT2D eigenvalue weighted by atomic mass is 35.5. The van der Waals surface area contributed by atoms with Crippen LogP contribution in [0.2, 0.25) is 0 Å². The number of hydrogen-bond acceptors (Lipinski definition) is 2. The maximum absolute atomic E-state index is 5.98. The Morgan fingerprint density at radius 1 is 1.36 bits per heavy atom. The normalized spacial score (nSPS) is 23.7. The van der Waals surface area contributed by atoms with Gasteiger partial charge in [0.05, 0.1) is 0 Å². The first kappa shape index (κ1) is 13.3. The number of hydrogen-bond donors (Lipinski definition) is 0. The van der Waals surface area contributed by atoms with E-state index in [0.717, 1.165) is 12.8 Å². The van der Waals surface area contributed by atoms with Gasteiger partial charge in [0.15, 0.2) is 4.58 Å². The third kappa shape index (κ3) is 3.09. The van der Waals surface area contributed by atoms with E-state index < -0.39 is 10.8 Å². The summed E-state index contributed by atoms with van der Waals surface area (Å²) in [6, 6.07) is 0. The van der Waals surface area contributed by atoms with Crippen molar-refractivity contribution in [3.63, 3.8) is 0 Å². The Hall–Kier alpha value is 1.19. The first-order valence-corrected chi connectivity index (χ1v) is 8.86. The predicted molar refractivity (Wildman–Crippen MR) is 68.3 cm³/mol. The second-order valence-electron chi connectivity index (χ2n) is 3.63. The lowest BCUT2D eigenvalue weighted by Gasteiger charge is -2.34. The maximum atomic E-state index is 5.98. The fourth-order valence-corrected chi connectivity index (χ4v) is 6.34. The molecule has 5 heteroatoms. The Bertz CT molecular complexity index is 217. The Balaban J connectivity index is 2.70. The van der Waals surface area contributed by atoms with Gasteiger partial charge in [-0.2, -0.15) is 0 Å². The Labute approximate surface area is 102 Å². The van der Waals surface area contributed by atoms with Crippen molar-refractivity contribution < 1.29 is 4.52 Å². The van der Waals surface area contributed by atoms with Gasteiger partial charge in [0.1, 0.15) is 6.26 Å². The molecule has 0 heterocycles. The fraction of sp³-hybridized carbons (Fsp3) is 1.00. The average Bonchev–Trinajstić information content (AvgIpc) is 2.19. The van der Waals surface area contributed by atoms with Crippen LogP contribution in [0.3, 0.4) is 0 Å².